The highest BCUT2D eigenvalue weighted by molar-refractivity contribution is 7.03. The van der Waals surface area contributed by atoms with Gasteiger partial charge in [0.15, 0.2) is 0 Å². The van der Waals surface area contributed by atoms with Crippen LogP contribution in [0, 0.1) is 0 Å². The minimum Gasteiger partial charge on any atom is -0.389 e. The minimum atomic E-state index is -0.535. The minimum absolute atomic E-state index is 0.257. The van der Waals surface area contributed by atoms with Crippen molar-refractivity contribution in [1.29, 1.82) is 0 Å². The lowest BCUT2D eigenvalue weighted by atomic mass is 9.75. The van der Waals surface area contributed by atoms with Gasteiger partial charge in [0.1, 0.15) is 0 Å². The van der Waals surface area contributed by atoms with Crippen LogP contribution in [0.15, 0.2) is 11.4 Å². The second-order valence-electron chi connectivity index (χ2n) is 4.08. The molecule has 1 N–H and O–H groups in total. The summed E-state index contributed by atoms with van der Waals surface area (Å²) in [5.74, 6) is 0.257. The van der Waals surface area contributed by atoms with Crippen LogP contribution in [0.4, 0.5) is 0 Å². The van der Waals surface area contributed by atoms with Crippen molar-refractivity contribution in [3.63, 3.8) is 0 Å². The Morgan fingerprint density at radius 1 is 1.62 bits per heavy atom. The molecule has 1 fully saturated rings. The van der Waals surface area contributed by atoms with Crippen molar-refractivity contribution in [1.82, 2.24) is 4.37 Å². The van der Waals surface area contributed by atoms with Gasteiger partial charge in [-0.2, -0.15) is 4.37 Å². The Bertz CT molecular complexity index is 268. The molecular formula is C10H15NOS. The molecule has 1 heterocycles. The first-order chi connectivity index (χ1) is 6.20. The number of nitrogens with zero attached hydrogens (tertiary/aromatic N) is 1. The van der Waals surface area contributed by atoms with Gasteiger partial charge in [0, 0.05) is 11.3 Å². The molecule has 2 rings (SSSR count). The Balaban J connectivity index is 2.21. The highest BCUT2D eigenvalue weighted by Gasteiger charge is 2.36. The molecule has 0 aromatic carbocycles. The van der Waals surface area contributed by atoms with Crippen molar-refractivity contribution in [2.24, 2.45) is 0 Å². The van der Waals surface area contributed by atoms with Gasteiger partial charge in [0.25, 0.3) is 0 Å². The average molecular weight is 197 g/mol. The zero-order valence-corrected chi connectivity index (χ0v) is 8.68. The van der Waals surface area contributed by atoms with Gasteiger partial charge in [-0.25, -0.2) is 0 Å². The molecule has 13 heavy (non-hydrogen) atoms. The zero-order valence-electron chi connectivity index (χ0n) is 7.86. The smallest absolute Gasteiger partial charge is 0.0703 e. The molecule has 0 radical (unpaired) electrons. The summed E-state index contributed by atoms with van der Waals surface area (Å²) in [6.45, 7) is 1.94. The van der Waals surface area contributed by atoms with Gasteiger partial charge in [-0.05, 0) is 37.4 Å². The molecule has 0 unspecified atom stereocenters. The highest BCUT2D eigenvalue weighted by Crippen LogP contribution is 2.40. The topological polar surface area (TPSA) is 33.1 Å². The SMILES string of the molecule is C[C@@]1(O)CCCC[C@H]1c1ccsn1. The number of aromatic nitrogens is 1. The van der Waals surface area contributed by atoms with Crippen LogP contribution in [0.1, 0.15) is 44.2 Å². The largest absolute Gasteiger partial charge is 0.389 e. The van der Waals surface area contributed by atoms with Crippen LogP contribution in [0.3, 0.4) is 0 Å². The third kappa shape index (κ3) is 1.76. The van der Waals surface area contributed by atoms with Crippen molar-refractivity contribution in [2.45, 2.75) is 44.1 Å². The number of hydrogen-bond donors (Lipinski definition) is 1. The monoisotopic (exact) mass is 197 g/mol. The van der Waals surface area contributed by atoms with Gasteiger partial charge in [0.2, 0.25) is 0 Å². The summed E-state index contributed by atoms with van der Waals surface area (Å²) in [6.07, 6.45) is 4.36. The lowest BCUT2D eigenvalue weighted by molar-refractivity contribution is -0.000368. The fourth-order valence-electron chi connectivity index (χ4n) is 2.18. The third-order valence-electron chi connectivity index (χ3n) is 2.99. The van der Waals surface area contributed by atoms with Gasteiger partial charge in [0.05, 0.1) is 11.3 Å². The van der Waals surface area contributed by atoms with Crippen molar-refractivity contribution >= 4 is 11.5 Å². The number of aliphatic hydroxyl groups is 1. The molecule has 72 valence electrons. The van der Waals surface area contributed by atoms with Gasteiger partial charge in [-0.15, -0.1) is 0 Å². The molecule has 1 aliphatic carbocycles. The zero-order chi connectivity index (χ0) is 9.31. The van der Waals surface area contributed by atoms with E-state index in [1.54, 1.807) is 0 Å². The van der Waals surface area contributed by atoms with E-state index in [4.69, 9.17) is 0 Å². The van der Waals surface area contributed by atoms with Crippen LogP contribution in [0.5, 0.6) is 0 Å². The van der Waals surface area contributed by atoms with E-state index in [-0.39, 0.29) is 5.92 Å². The maximum atomic E-state index is 10.2. The number of hydrogen-bond acceptors (Lipinski definition) is 3. The predicted molar refractivity (Wildman–Crippen MR) is 53.9 cm³/mol. The fraction of sp³-hybridized carbons (Fsp3) is 0.700. The van der Waals surface area contributed by atoms with E-state index in [1.165, 1.54) is 18.0 Å². The van der Waals surface area contributed by atoms with Crippen LogP contribution in [0.25, 0.3) is 0 Å². The standard InChI is InChI=1S/C10H15NOS/c1-10(12)6-3-2-4-8(10)9-5-7-13-11-9/h5,7-8,12H,2-4,6H2,1H3/t8-,10+/m0/s1. The van der Waals surface area contributed by atoms with Gasteiger partial charge in [-0.3, -0.25) is 0 Å². The maximum absolute atomic E-state index is 10.2. The quantitative estimate of drug-likeness (QED) is 0.750. The third-order valence-corrected chi connectivity index (χ3v) is 3.57. The summed E-state index contributed by atoms with van der Waals surface area (Å²) in [5, 5.41) is 12.2. The van der Waals surface area contributed by atoms with Crippen molar-refractivity contribution < 1.29 is 5.11 Å². The van der Waals surface area contributed by atoms with Crippen LogP contribution in [-0.2, 0) is 0 Å². The van der Waals surface area contributed by atoms with Crippen molar-refractivity contribution in [3.8, 4) is 0 Å². The second-order valence-corrected chi connectivity index (χ2v) is 4.75. The predicted octanol–water partition coefficient (Wildman–Crippen LogP) is 2.55. The van der Waals surface area contributed by atoms with Crippen molar-refractivity contribution in [2.75, 3.05) is 0 Å². The summed E-state index contributed by atoms with van der Waals surface area (Å²) < 4.78 is 4.32. The van der Waals surface area contributed by atoms with Gasteiger partial charge < -0.3 is 5.11 Å². The molecule has 0 saturated heterocycles. The maximum Gasteiger partial charge on any atom is 0.0703 e. The highest BCUT2D eigenvalue weighted by atomic mass is 32.1. The fourth-order valence-corrected chi connectivity index (χ4v) is 2.76. The van der Waals surface area contributed by atoms with E-state index in [0.717, 1.165) is 25.0 Å². The second kappa shape index (κ2) is 3.39. The molecule has 1 aromatic rings. The molecule has 0 aliphatic heterocycles. The molecule has 3 heteroatoms. The summed E-state index contributed by atoms with van der Waals surface area (Å²) in [5.41, 5.74) is 0.543. The first-order valence-electron chi connectivity index (χ1n) is 4.83. The van der Waals surface area contributed by atoms with Crippen LogP contribution >= 0.6 is 11.5 Å². The Kier molecular flexibility index (Phi) is 2.39. The lowest BCUT2D eigenvalue weighted by Gasteiger charge is -2.36. The molecule has 2 atom stereocenters. The van der Waals surface area contributed by atoms with E-state index in [0.29, 0.717) is 0 Å². The van der Waals surface area contributed by atoms with Crippen LogP contribution in [-0.4, -0.2) is 15.1 Å². The summed E-state index contributed by atoms with van der Waals surface area (Å²) in [7, 11) is 0. The van der Waals surface area contributed by atoms with Gasteiger partial charge in [-0.1, -0.05) is 12.8 Å². The van der Waals surface area contributed by atoms with E-state index in [1.807, 2.05) is 18.4 Å². The van der Waals surface area contributed by atoms with Crippen molar-refractivity contribution in [3.05, 3.63) is 17.1 Å². The van der Waals surface area contributed by atoms with E-state index in [9.17, 15) is 5.11 Å². The summed E-state index contributed by atoms with van der Waals surface area (Å²) in [4.78, 5) is 0. The average Bonchev–Trinajstić information content (AvgIpc) is 2.55. The lowest BCUT2D eigenvalue weighted by Crippen LogP contribution is -2.35. The molecular weight excluding hydrogens is 182 g/mol. The number of rotatable bonds is 1. The molecule has 0 bridgehead atoms. The Labute approximate surface area is 82.8 Å². The molecule has 1 saturated carbocycles. The molecule has 0 amide bonds. The first-order valence-corrected chi connectivity index (χ1v) is 5.66. The van der Waals surface area contributed by atoms with E-state index >= 15 is 0 Å². The van der Waals surface area contributed by atoms with Crippen LogP contribution in [0.2, 0.25) is 0 Å². The molecule has 2 nitrogen and oxygen atoms in total. The summed E-state index contributed by atoms with van der Waals surface area (Å²) >= 11 is 1.47. The normalized spacial score (nSPS) is 34.8. The Morgan fingerprint density at radius 2 is 2.46 bits per heavy atom. The van der Waals surface area contributed by atoms with Crippen LogP contribution < -0.4 is 0 Å². The van der Waals surface area contributed by atoms with E-state index < -0.39 is 5.60 Å². The molecule has 1 aromatic heterocycles. The summed E-state index contributed by atoms with van der Waals surface area (Å²) in [6, 6.07) is 2.04. The Morgan fingerprint density at radius 3 is 3.08 bits per heavy atom. The van der Waals surface area contributed by atoms with Gasteiger partial charge >= 0.3 is 0 Å². The Hall–Kier alpha value is -0.410. The van der Waals surface area contributed by atoms with E-state index in [2.05, 4.69) is 4.37 Å². The molecule has 0 spiro atoms. The first kappa shape index (κ1) is 9.16. The molecule has 1 aliphatic rings.